The Labute approximate surface area is 214 Å². The fraction of sp³-hybridized carbons (Fsp3) is 0.148. The maximum atomic E-state index is 13.6. The maximum absolute atomic E-state index is 13.6. The van der Waals surface area contributed by atoms with E-state index in [1.165, 1.54) is 17.5 Å². The zero-order valence-corrected chi connectivity index (χ0v) is 21.0. The van der Waals surface area contributed by atoms with Gasteiger partial charge in [0.1, 0.15) is 29.4 Å². The predicted molar refractivity (Wildman–Crippen MR) is 138 cm³/mol. The number of hydrogen-bond acceptors (Lipinski definition) is 8. The molecule has 0 spiro atoms. The third-order valence-electron chi connectivity index (χ3n) is 5.93. The molecule has 0 aliphatic heterocycles. The lowest BCUT2D eigenvalue weighted by molar-refractivity contribution is 0.307. The van der Waals surface area contributed by atoms with Gasteiger partial charge in [-0.3, -0.25) is 0 Å². The average molecular weight is 517 g/mol. The highest BCUT2D eigenvalue weighted by Crippen LogP contribution is 2.37. The van der Waals surface area contributed by atoms with Gasteiger partial charge in [0.25, 0.3) is 5.19 Å². The molecule has 37 heavy (non-hydrogen) atoms. The van der Waals surface area contributed by atoms with Crippen LogP contribution in [-0.4, -0.2) is 33.8 Å². The van der Waals surface area contributed by atoms with Crippen molar-refractivity contribution in [2.75, 3.05) is 14.2 Å². The summed E-state index contributed by atoms with van der Waals surface area (Å²) < 4.78 is 38.3. The van der Waals surface area contributed by atoms with Crippen molar-refractivity contribution in [2.24, 2.45) is 0 Å². The molecule has 186 valence electrons. The van der Waals surface area contributed by atoms with Crippen LogP contribution >= 0.6 is 11.3 Å². The number of ether oxygens (including phenoxy) is 3. The van der Waals surface area contributed by atoms with Gasteiger partial charge < -0.3 is 18.6 Å². The van der Waals surface area contributed by atoms with E-state index in [4.69, 9.17) is 18.6 Å². The number of rotatable bonds is 7. The molecule has 6 rings (SSSR count). The van der Waals surface area contributed by atoms with Crippen molar-refractivity contribution in [1.29, 1.82) is 0 Å². The molecule has 6 aromatic rings. The molecule has 2 aromatic carbocycles. The molecule has 0 aliphatic carbocycles. The Bertz CT molecular complexity index is 1730. The minimum Gasteiger partial charge on any atom is -0.496 e. The summed E-state index contributed by atoms with van der Waals surface area (Å²) in [6.45, 7) is 2.01. The Hall–Kier alpha value is -4.44. The molecule has 8 nitrogen and oxygen atoms in total. The Balaban J connectivity index is 1.30. The predicted octanol–water partition coefficient (Wildman–Crippen LogP) is 6.31. The summed E-state index contributed by atoms with van der Waals surface area (Å²) in [4.78, 5) is 9.15. The molecule has 0 atom stereocenters. The first kappa shape index (κ1) is 23.0. The quantitative estimate of drug-likeness (QED) is 0.230. The molecule has 0 bridgehead atoms. The average Bonchev–Trinajstić information content (AvgIpc) is 3.62. The first-order valence-corrected chi connectivity index (χ1v) is 12.2. The van der Waals surface area contributed by atoms with Crippen molar-refractivity contribution in [3.05, 3.63) is 78.0 Å². The number of aromatic nitrogens is 4. The van der Waals surface area contributed by atoms with Gasteiger partial charge in [0.2, 0.25) is 10.9 Å². The van der Waals surface area contributed by atoms with Gasteiger partial charge in [-0.1, -0.05) is 18.2 Å². The maximum Gasteiger partial charge on any atom is 0.294 e. The minimum absolute atomic E-state index is 0.314. The summed E-state index contributed by atoms with van der Waals surface area (Å²) in [6.07, 6.45) is 3.33. The van der Waals surface area contributed by atoms with Crippen LogP contribution in [-0.2, 0) is 6.61 Å². The molecule has 0 unspecified atom stereocenters. The van der Waals surface area contributed by atoms with Gasteiger partial charge in [-0.05, 0) is 47.6 Å². The van der Waals surface area contributed by atoms with Crippen LogP contribution in [0.2, 0.25) is 0 Å². The van der Waals surface area contributed by atoms with Crippen LogP contribution in [0.25, 0.3) is 38.5 Å². The Morgan fingerprint density at radius 1 is 1.05 bits per heavy atom. The first-order chi connectivity index (χ1) is 18.0. The molecule has 0 saturated carbocycles. The summed E-state index contributed by atoms with van der Waals surface area (Å²) in [7, 11) is 3.17. The van der Waals surface area contributed by atoms with E-state index >= 15 is 0 Å². The standard InChI is InChI=1S/C27H21FN4O4S/c1-15-7-18(12-29-25(15)28)17-6-4-5-16(8-17)14-35-22-9-19(33-2)10-23-20(22)11-24(36-23)21-13-32-26(30-21)37-27(31-32)34-3/h4-13H,14H2,1-3H3. The van der Waals surface area contributed by atoms with E-state index in [0.717, 1.165) is 22.1 Å². The van der Waals surface area contributed by atoms with E-state index in [1.54, 1.807) is 37.9 Å². The van der Waals surface area contributed by atoms with E-state index in [1.807, 2.05) is 42.5 Å². The van der Waals surface area contributed by atoms with Crippen LogP contribution in [0, 0.1) is 12.9 Å². The van der Waals surface area contributed by atoms with Crippen LogP contribution < -0.4 is 14.2 Å². The Morgan fingerprint density at radius 2 is 1.95 bits per heavy atom. The SMILES string of the molecule is COc1cc(OCc2cccc(-c3cnc(F)c(C)c3)c2)c2cc(-c3cn4nc(OC)sc4n3)oc2c1. The molecule has 0 radical (unpaired) electrons. The summed E-state index contributed by atoms with van der Waals surface area (Å²) in [5, 5.41) is 5.65. The van der Waals surface area contributed by atoms with Crippen molar-refractivity contribution in [1.82, 2.24) is 19.6 Å². The van der Waals surface area contributed by atoms with E-state index in [9.17, 15) is 4.39 Å². The van der Waals surface area contributed by atoms with E-state index in [0.29, 0.717) is 50.9 Å². The third kappa shape index (κ3) is 4.36. The number of halogens is 1. The molecule has 10 heteroatoms. The zero-order valence-electron chi connectivity index (χ0n) is 20.2. The van der Waals surface area contributed by atoms with E-state index < -0.39 is 5.95 Å². The normalized spacial score (nSPS) is 11.4. The molecule has 0 N–H and O–H groups in total. The van der Waals surface area contributed by atoms with Crippen LogP contribution in [0.3, 0.4) is 0 Å². The number of fused-ring (bicyclic) bond motifs is 2. The summed E-state index contributed by atoms with van der Waals surface area (Å²) in [5.74, 6) is 1.36. The highest BCUT2D eigenvalue weighted by Gasteiger charge is 2.17. The second-order valence-corrected chi connectivity index (χ2v) is 9.31. The smallest absolute Gasteiger partial charge is 0.294 e. The van der Waals surface area contributed by atoms with Crippen molar-refractivity contribution in [2.45, 2.75) is 13.5 Å². The molecule has 0 aliphatic rings. The van der Waals surface area contributed by atoms with Gasteiger partial charge in [0.15, 0.2) is 5.76 Å². The molecular weight excluding hydrogens is 495 g/mol. The summed E-state index contributed by atoms with van der Waals surface area (Å²) in [5.41, 5.74) is 4.50. The van der Waals surface area contributed by atoms with Gasteiger partial charge in [-0.2, -0.15) is 4.39 Å². The first-order valence-electron chi connectivity index (χ1n) is 11.4. The zero-order chi connectivity index (χ0) is 25.5. The van der Waals surface area contributed by atoms with Crippen LogP contribution in [0.4, 0.5) is 4.39 Å². The molecule has 0 amide bonds. The number of nitrogens with zero attached hydrogens (tertiary/aromatic N) is 4. The second kappa shape index (κ2) is 9.21. The third-order valence-corrected chi connectivity index (χ3v) is 6.81. The minimum atomic E-state index is -0.462. The summed E-state index contributed by atoms with van der Waals surface area (Å²) >= 11 is 1.35. The number of imidazole rings is 1. The van der Waals surface area contributed by atoms with Gasteiger partial charge in [0.05, 0.1) is 25.8 Å². The number of aryl methyl sites for hydroxylation is 1. The Kier molecular flexibility index (Phi) is 5.72. The van der Waals surface area contributed by atoms with E-state index in [-0.39, 0.29) is 0 Å². The largest absolute Gasteiger partial charge is 0.496 e. The second-order valence-electron chi connectivity index (χ2n) is 8.39. The Morgan fingerprint density at radius 3 is 2.73 bits per heavy atom. The van der Waals surface area contributed by atoms with Crippen LogP contribution in [0.5, 0.6) is 16.7 Å². The number of furan rings is 1. The number of benzene rings is 2. The number of pyridine rings is 1. The van der Waals surface area contributed by atoms with Crippen molar-refractivity contribution in [3.8, 4) is 39.3 Å². The fourth-order valence-corrected chi connectivity index (χ4v) is 4.75. The van der Waals surface area contributed by atoms with Crippen molar-refractivity contribution in [3.63, 3.8) is 0 Å². The number of methoxy groups -OCH3 is 2. The topological polar surface area (TPSA) is 83.9 Å². The number of hydrogen-bond donors (Lipinski definition) is 0. The molecule has 0 fully saturated rings. The lowest BCUT2D eigenvalue weighted by Gasteiger charge is -2.10. The van der Waals surface area contributed by atoms with Crippen LogP contribution in [0.15, 0.2) is 65.3 Å². The van der Waals surface area contributed by atoms with Crippen molar-refractivity contribution >= 4 is 27.3 Å². The van der Waals surface area contributed by atoms with Crippen LogP contribution in [0.1, 0.15) is 11.1 Å². The highest BCUT2D eigenvalue weighted by molar-refractivity contribution is 7.18. The van der Waals surface area contributed by atoms with Gasteiger partial charge in [-0.15, -0.1) is 5.10 Å². The van der Waals surface area contributed by atoms with Gasteiger partial charge >= 0.3 is 0 Å². The lowest BCUT2D eigenvalue weighted by Crippen LogP contribution is -1.97. The van der Waals surface area contributed by atoms with Gasteiger partial charge in [-0.25, -0.2) is 14.5 Å². The molecule has 4 aromatic heterocycles. The van der Waals surface area contributed by atoms with Gasteiger partial charge in [0, 0.05) is 29.5 Å². The summed E-state index contributed by atoms with van der Waals surface area (Å²) in [6, 6.07) is 15.2. The lowest BCUT2D eigenvalue weighted by atomic mass is 10.0. The molecular formula is C27H21FN4O4S. The molecule has 4 heterocycles. The molecule has 0 saturated heterocycles. The van der Waals surface area contributed by atoms with Crippen molar-refractivity contribution < 1.29 is 23.0 Å². The highest BCUT2D eigenvalue weighted by atomic mass is 32.1. The van der Waals surface area contributed by atoms with E-state index in [2.05, 4.69) is 15.1 Å². The monoisotopic (exact) mass is 516 g/mol. The fourth-order valence-electron chi connectivity index (χ4n) is 4.05.